The largest absolute Gasteiger partial charge is 0.497 e. The SMILES string of the molecule is CCOCCCNC(=O)c1coc(CN(CCCOCC)C(=O)Nc2cc(OC)cc(OC)c2)n1. The molecule has 0 fully saturated rings. The van der Waals surface area contributed by atoms with Crippen LogP contribution < -0.4 is 20.1 Å². The summed E-state index contributed by atoms with van der Waals surface area (Å²) in [6, 6.07) is 4.73. The van der Waals surface area contributed by atoms with E-state index < -0.39 is 0 Å². The molecule has 2 N–H and O–H groups in total. The zero-order valence-corrected chi connectivity index (χ0v) is 20.9. The number of nitrogens with zero attached hydrogens (tertiary/aromatic N) is 2. The Hall–Kier alpha value is -3.31. The van der Waals surface area contributed by atoms with Gasteiger partial charge in [-0.3, -0.25) is 4.79 Å². The van der Waals surface area contributed by atoms with E-state index in [1.54, 1.807) is 23.1 Å². The summed E-state index contributed by atoms with van der Waals surface area (Å²) in [5.74, 6) is 1.01. The standard InChI is InChI=1S/C24H36N4O7/c1-5-33-11-7-9-25-23(29)21-17-35-22(27-21)16-28(10-8-12-34-6-2)24(30)26-18-13-19(31-3)15-20(14-18)32-4/h13-15,17H,5-12,16H2,1-4H3,(H,25,29)(H,26,30). The Balaban J connectivity index is 2.04. The Morgan fingerprint density at radius 3 is 2.29 bits per heavy atom. The minimum atomic E-state index is -0.364. The lowest BCUT2D eigenvalue weighted by atomic mass is 10.2. The lowest BCUT2D eigenvalue weighted by molar-refractivity contribution is 0.0939. The first-order valence-electron chi connectivity index (χ1n) is 11.7. The molecule has 1 aromatic heterocycles. The van der Waals surface area contributed by atoms with Crippen LogP contribution in [0.2, 0.25) is 0 Å². The van der Waals surface area contributed by atoms with E-state index in [9.17, 15) is 9.59 Å². The van der Waals surface area contributed by atoms with Gasteiger partial charge in [0.1, 0.15) is 17.8 Å². The number of ether oxygens (including phenoxy) is 4. The summed E-state index contributed by atoms with van der Waals surface area (Å²) < 4.78 is 26.7. The number of urea groups is 1. The zero-order chi connectivity index (χ0) is 25.5. The first-order chi connectivity index (χ1) is 17.0. The van der Waals surface area contributed by atoms with Crippen LogP contribution >= 0.6 is 0 Å². The van der Waals surface area contributed by atoms with Gasteiger partial charge in [0, 0.05) is 63.4 Å². The van der Waals surface area contributed by atoms with Crippen molar-refractivity contribution in [1.82, 2.24) is 15.2 Å². The third kappa shape index (κ3) is 9.83. The highest BCUT2D eigenvalue weighted by Crippen LogP contribution is 2.26. The second-order valence-corrected chi connectivity index (χ2v) is 7.44. The predicted molar refractivity (Wildman–Crippen MR) is 130 cm³/mol. The van der Waals surface area contributed by atoms with Gasteiger partial charge in [-0.2, -0.15) is 0 Å². The number of carbonyl (C=O) groups excluding carboxylic acids is 2. The maximum atomic E-state index is 13.1. The number of rotatable bonds is 16. The first kappa shape index (κ1) is 27.9. The van der Waals surface area contributed by atoms with Gasteiger partial charge in [-0.1, -0.05) is 0 Å². The van der Waals surface area contributed by atoms with Crippen molar-refractivity contribution in [2.75, 3.05) is 59.1 Å². The predicted octanol–water partition coefficient (Wildman–Crippen LogP) is 3.31. The van der Waals surface area contributed by atoms with Crippen molar-refractivity contribution in [3.05, 3.63) is 36.0 Å². The van der Waals surface area contributed by atoms with E-state index in [1.165, 1.54) is 20.5 Å². The summed E-state index contributed by atoms with van der Waals surface area (Å²) in [5.41, 5.74) is 0.671. The van der Waals surface area contributed by atoms with Crippen molar-refractivity contribution in [3.63, 3.8) is 0 Å². The monoisotopic (exact) mass is 492 g/mol. The fraction of sp³-hybridized carbons (Fsp3) is 0.542. The minimum Gasteiger partial charge on any atom is -0.497 e. The summed E-state index contributed by atoms with van der Waals surface area (Å²) in [6.45, 7) is 7.10. The molecule has 11 nitrogen and oxygen atoms in total. The molecule has 0 aliphatic carbocycles. The van der Waals surface area contributed by atoms with Crippen molar-refractivity contribution in [2.24, 2.45) is 0 Å². The van der Waals surface area contributed by atoms with Gasteiger partial charge in [-0.05, 0) is 26.7 Å². The van der Waals surface area contributed by atoms with Gasteiger partial charge in [0.15, 0.2) is 5.69 Å². The van der Waals surface area contributed by atoms with Gasteiger partial charge in [0.25, 0.3) is 5.91 Å². The molecule has 0 aliphatic rings. The van der Waals surface area contributed by atoms with Crippen molar-refractivity contribution < 1.29 is 33.0 Å². The zero-order valence-electron chi connectivity index (χ0n) is 20.9. The number of anilines is 1. The number of amides is 3. The molecule has 194 valence electrons. The van der Waals surface area contributed by atoms with Crippen LogP contribution in [-0.4, -0.2) is 75.6 Å². The summed E-state index contributed by atoms with van der Waals surface area (Å²) in [5, 5.41) is 5.63. The number of carbonyl (C=O) groups is 2. The Labute approximate surface area is 206 Å². The molecule has 0 atom stereocenters. The third-order valence-corrected chi connectivity index (χ3v) is 4.88. The van der Waals surface area contributed by atoms with Crippen LogP contribution in [0, 0.1) is 0 Å². The van der Waals surface area contributed by atoms with E-state index in [1.807, 2.05) is 13.8 Å². The van der Waals surface area contributed by atoms with Crippen LogP contribution in [0.1, 0.15) is 43.1 Å². The van der Waals surface area contributed by atoms with Crippen molar-refractivity contribution in [1.29, 1.82) is 0 Å². The van der Waals surface area contributed by atoms with Gasteiger partial charge < -0.3 is 38.9 Å². The van der Waals surface area contributed by atoms with Gasteiger partial charge in [-0.25, -0.2) is 9.78 Å². The molecule has 11 heteroatoms. The normalized spacial score (nSPS) is 10.6. The topological polar surface area (TPSA) is 124 Å². The highest BCUT2D eigenvalue weighted by molar-refractivity contribution is 5.92. The van der Waals surface area contributed by atoms with Gasteiger partial charge >= 0.3 is 6.03 Å². The van der Waals surface area contributed by atoms with Crippen LogP contribution in [0.25, 0.3) is 0 Å². The number of hydrogen-bond acceptors (Lipinski definition) is 8. The van der Waals surface area contributed by atoms with Gasteiger partial charge in [0.2, 0.25) is 5.89 Å². The number of hydrogen-bond donors (Lipinski definition) is 2. The molecule has 35 heavy (non-hydrogen) atoms. The van der Waals surface area contributed by atoms with E-state index in [0.717, 1.165) is 0 Å². The average Bonchev–Trinajstić information content (AvgIpc) is 3.34. The molecule has 3 amide bonds. The van der Waals surface area contributed by atoms with Crippen LogP contribution in [0.5, 0.6) is 11.5 Å². The maximum absolute atomic E-state index is 13.1. The first-order valence-corrected chi connectivity index (χ1v) is 11.7. The fourth-order valence-corrected chi connectivity index (χ4v) is 3.10. The molecule has 0 saturated carbocycles. The van der Waals surface area contributed by atoms with E-state index in [2.05, 4.69) is 15.6 Å². The lowest BCUT2D eigenvalue weighted by Gasteiger charge is -2.22. The minimum absolute atomic E-state index is 0.0800. The Morgan fingerprint density at radius 1 is 1.00 bits per heavy atom. The summed E-state index contributed by atoms with van der Waals surface area (Å²) >= 11 is 0. The van der Waals surface area contributed by atoms with Crippen molar-refractivity contribution >= 4 is 17.6 Å². The smallest absolute Gasteiger partial charge is 0.322 e. The van der Waals surface area contributed by atoms with Crippen LogP contribution in [-0.2, 0) is 16.0 Å². The van der Waals surface area contributed by atoms with E-state index in [4.69, 9.17) is 23.4 Å². The summed E-state index contributed by atoms with van der Waals surface area (Å²) in [7, 11) is 3.07. The summed E-state index contributed by atoms with van der Waals surface area (Å²) in [4.78, 5) is 31.2. The van der Waals surface area contributed by atoms with Crippen molar-refractivity contribution in [3.8, 4) is 11.5 Å². The molecule has 1 heterocycles. The Morgan fingerprint density at radius 2 is 1.66 bits per heavy atom. The number of aromatic nitrogens is 1. The second kappa shape index (κ2) is 15.6. The summed E-state index contributed by atoms with van der Waals surface area (Å²) in [6.07, 6.45) is 2.61. The molecule has 2 aromatic rings. The van der Waals surface area contributed by atoms with Gasteiger partial charge in [0.05, 0.1) is 20.8 Å². The van der Waals surface area contributed by atoms with Crippen molar-refractivity contribution in [2.45, 2.75) is 33.2 Å². The average molecular weight is 493 g/mol. The number of benzene rings is 1. The quantitative estimate of drug-likeness (QED) is 0.342. The maximum Gasteiger partial charge on any atom is 0.322 e. The molecular weight excluding hydrogens is 456 g/mol. The number of methoxy groups -OCH3 is 2. The van der Waals surface area contributed by atoms with Gasteiger partial charge in [-0.15, -0.1) is 0 Å². The van der Waals surface area contributed by atoms with E-state index in [0.29, 0.717) is 69.5 Å². The van der Waals surface area contributed by atoms with E-state index >= 15 is 0 Å². The molecule has 0 aliphatic heterocycles. The van der Waals surface area contributed by atoms with Crippen LogP contribution in [0.15, 0.2) is 28.9 Å². The highest BCUT2D eigenvalue weighted by atomic mass is 16.5. The molecule has 2 rings (SSSR count). The molecular formula is C24H36N4O7. The Kier molecular flexibility index (Phi) is 12.4. The van der Waals surface area contributed by atoms with E-state index in [-0.39, 0.29) is 30.1 Å². The highest BCUT2D eigenvalue weighted by Gasteiger charge is 2.19. The molecule has 0 unspecified atom stereocenters. The molecule has 0 bridgehead atoms. The number of nitrogens with one attached hydrogen (secondary N) is 2. The lowest BCUT2D eigenvalue weighted by Crippen LogP contribution is -2.36. The fourth-order valence-electron chi connectivity index (χ4n) is 3.10. The molecule has 0 saturated heterocycles. The molecule has 0 radical (unpaired) electrons. The Bertz CT molecular complexity index is 897. The van der Waals surface area contributed by atoms with Crippen LogP contribution in [0.3, 0.4) is 0 Å². The number of oxazole rings is 1. The second-order valence-electron chi connectivity index (χ2n) is 7.44. The molecule has 0 spiro atoms. The van der Waals surface area contributed by atoms with Crippen LogP contribution in [0.4, 0.5) is 10.5 Å². The molecule has 1 aromatic carbocycles. The third-order valence-electron chi connectivity index (χ3n) is 4.88.